The van der Waals surface area contributed by atoms with E-state index in [1.165, 1.54) is 6.07 Å². The van der Waals surface area contributed by atoms with Crippen molar-refractivity contribution in [1.29, 1.82) is 0 Å². The third-order valence-corrected chi connectivity index (χ3v) is 4.12. The smallest absolute Gasteiger partial charge is 0.265 e. The number of carbonyl (C=O) groups excluding carboxylic acids is 1. The maximum absolute atomic E-state index is 12.2. The fourth-order valence-corrected chi connectivity index (χ4v) is 2.73. The lowest BCUT2D eigenvalue weighted by molar-refractivity contribution is -0.122. The minimum atomic E-state index is -3.42. The summed E-state index contributed by atoms with van der Waals surface area (Å²) in [5.41, 5.74) is 0.249. The Hall–Kier alpha value is -2.34. The summed E-state index contributed by atoms with van der Waals surface area (Å²) in [6, 6.07) is 15.2. The first-order chi connectivity index (χ1) is 10.4. The highest BCUT2D eigenvalue weighted by Crippen LogP contribution is 2.21. The van der Waals surface area contributed by atoms with Crippen LogP contribution in [0.2, 0.25) is 0 Å². The lowest BCUT2D eigenvalue weighted by Crippen LogP contribution is -2.30. The molecule has 1 atom stereocenters. The van der Waals surface area contributed by atoms with Crippen LogP contribution in [0.25, 0.3) is 0 Å². The van der Waals surface area contributed by atoms with Crippen molar-refractivity contribution in [2.75, 3.05) is 11.6 Å². The Morgan fingerprint density at radius 1 is 1.05 bits per heavy atom. The fraction of sp³-hybridized carbons (Fsp3) is 0.188. The Morgan fingerprint density at radius 3 is 2.27 bits per heavy atom. The van der Waals surface area contributed by atoms with E-state index in [4.69, 9.17) is 4.74 Å². The van der Waals surface area contributed by atoms with Gasteiger partial charge in [0.15, 0.2) is 15.9 Å². The van der Waals surface area contributed by atoms with Gasteiger partial charge in [-0.15, -0.1) is 0 Å². The molecule has 0 fully saturated rings. The van der Waals surface area contributed by atoms with Gasteiger partial charge in [-0.25, -0.2) is 8.42 Å². The molecular formula is C16H17NO4S. The normalized spacial score (nSPS) is 12.5. The first-order valence-corrected chi connectivity index (χ1v) is 8.59. The van der Waals surface area contributed by atoms with Crippen molar-refractivity contribution in [3.05, 3.63) is 54.6 Å². The van der Waals surface area contributed by atoms with Gasteiger partial charge in [0, 0.05) is 6.26 Å². The highest BCUT2D eigenvalue weighted by Gasteiger charge is 2.19. The van der Waals surface area contributed by atoms with Gasteiger partial charge in [0.1, 0.15) is 5.75 Å². The summed E-state index contributed by atoms with van der Waals surface area (Å²) < 4.78 is 28.9. The summed E-state index contributed by atoms with van der Waals surface area (Å²) in [4.78, 5) is 12.2. The lowest BCUT2D eigenvalue weighted by Gasteiger charge is -2.16. The molecule has 0 aliphatic carbocycles. The zero-order valence-electron chi connectivity index (χ0n) is 12.3. The predicted octanol–water partition coefficient (Wildman–Crippen LogP) is 2.50. The van der Waals surface area contributed by atoms with Gasteiger partial charge in [-0.3, -0.25) is 4.79 Å². The van der Waals surface area contributed by atoms with Gasteiger partial charge in [-0.05, 0) is 31.2 Å². The summed E-state index contributed by atoms with van der Waals surface area (Å²) in [5.74, 6) is 0.154. The number of para-hydroxylation sites is 2. The number of rotatable bonds is 5. The number of carbonyl (C=O) groups is 1. The van der Waals surface area contributed by atoms with E-state index in [2.05, 4.69) is 5.32 Å². The standard InChI is InChI=1S/C16H17NO4S/c1-12(21-13-8-4-3-5-9-13)16(18)17-14-10-6-7-11-15(14)22(2,19)20/h3-12H,1-2H3,(H,17,18). The van der Waals surface area contributed by atoms with Gasteiger partial charge in [0.25, 0.3) is 5.91 Å². The number of amides is 1. The molecule has 22 heavy (non-hydrogen) atoms. The quantitative estimate of drug-likeness (QED) is 0.919. The van der Waals surface area contributed by atoms with E-state index in [1.54, 1.807) is 49.4 Å². The van der Waals surface area contributed by atoms with E-state index in [0.29, 0.717) is 5.75 Å². The van der Waals surface area contributed by atoms with E-state index < -0.39 is 21.8 Å². The van der Waals surface area contributed by atoms with Crippen LogP contribution in [-0.4, -0.2) is 26.7 Å². The monoisotopic (exact) mass is 319 g/mol. The Balaban J connectivity index is 2.13. The largest absolute Gasteiger partial charge is 0.481 e. The maximum atomic E-state index is 12.2. The molecule has 5 nitrogen and oxygen atoms in total. The van der Waals surface area contributed by atoms with Gasteiger partial charge >= 0.3 is 0 Å². The van der Waals surface area contributed by atoms with Crippen molar-refractivity contribution < 1.29 is 17.9 Å². The summed E-state index contributed by atoms with van der Waals surface area (Å²) in [6.45, 7) is 1.60. The number of hydrogen-bond acceptors (Lipinski definition) is 4. The molecule has 6 heteroatoms. The molecular weight excluding hydrogens is 302 g/mol. The zero-order valence-corrected chi connectivity index (χ0v) is 13.1. The van der Waals surface area contributed by atoms with Crippen molar-refractivity contribution in [1.82, 2.24) is 0 Å². The number of ether oxygens (including phenoxy) is 1. The van der Waals surface area contributed by atoms with Crippen LogP contribution in [0.15, 0.2) is 59.5 Å². The van der Waals surface area contributed by atoms with Gasteiger partial charge in [-0.1, -0.05) is 30.3 Å². The number of nitrogens with one attached hydrogen (secondary N) is 1. The lowest BCUT2D eigenvalue weighted by atomic mass is 10.3. The van der Waals surface area contributed by atoms with Gasteiger partial charge in [0.2, 0.25) is 0 Å². The van der Waals surface area contributed by atoms with Crippen LogP contribution in [-0.2, 0) is 14.6 Å². The molecule has 0 heterocycles. The molecule has 116 valence electrons. The average Bonchev–Trinajstić information content (AvgIpc) is 2.47. The minimum absolute atomic E-state index is 0.0789. The molecule has 2 aromatic rings. The second kappa shape index (κ2) is 6.62. The van der Waals surface area contributed by atoms with E-state index in [9.17, 15) is 13.2 Å². The summed E-state index contributed by atoms with van der Waals surface area (Å²) in [7, 11) is -3.42. The first kappa shape index (κ1) is 16.0. The fourth-order valence-electron chi connectivity index (χ4n) is 1.88. The van der Waals surface area contributed by atoms with Crippen molar-refractivity contribution >= 4 is 21.4 Å². The molecule has 2 rings (SSSR count). The highest BCUT2D eigenvalue weighted by atomic mass is 32.2. The van der Waals surface area contributed by atoms with Crippen LogP contribution < -0.4 is 10.1 Å². The van der Waals surface area contributed by atoms with Gasteiger partial charge in [0.05, 0.1) is 10.6 Å². The van der Waals surface area contributed by atoms with E-state index in [1.807, 2.05) is 6.07 Å². The van der Waals surface area contributed by atoms with Crippen molar-refractivity contribution in [2.24, 2.45) is 0 Å². The van der Waals surface area contributed by atoms with Crippen molar-refractivity contribution in [2.45, 2.75) is 17.9 Å². The molecule has 1 amide bonds. The topological polar surface area (TPSA) is 72.5 Å². The predicted molar refractivity (Wildman–Crippen MR) is 84.7 cm³/mol. The van der Waals surface area contributed by atoms with E-state index >= 15 is 0 Å². The molecule has 1 N–H and O–H groups in total. The van der Waals surface area contributed by atoms with Crippen LogP contribution in [0.5, 0.6) is 5.75 Å². The molecule has 2 aromatic carbocycles. The molecule has 0 bridgehead atoms. The summed E-state index contributed by atoms with van der Waals surface area (Å²) in [6.07, 6.45) is 0.344. The minimum Gasteiger partial charge on any atom is -0.481 e. The van der Waals surface area contributed by atoms with E-state index in [-0.39, 0.29) is 10.6 Å². The van der Waals surface area contributed by atoms with Crippen LogP contribution in [0.4, 0.5) is 5.69 Å². The molecule has 0 saturated heterocycles. The third kappa shape index (κ3) is 4.08. The molecule has 0 radical (unpaired) electrons. The van der Waals surface area contributed by atoms with Crippen molar-refractivity contribution in [3.63, 3.8) is 0 Å². The molecule has 0 aromatic heterocycles. The molecule has 0 aliphatic heterocycles. The van der Waals surface area contributed by atoms with Crippen LogP contribution in [0.3, 0.4) is 0 Å². The van der Waals surface area contributed by atoms with Gasteiger partial charge in [-0.2, -0.15) is 0 Å². The van der Waals surface area contributed by atoms with Crippen LogP contribution >= 0.6 is 0 Å². The van der Waals surface area contributed by atoms with Crippen LogP contribution in [0, 0.1) is 0 Å². The van der Waals surface area contributed by atoms with E-state index in [0.717, 1.165) is 6.26 Å². The average molecular weight is 319 g/mol. The summed E-state index contributed by atoms with van der Waals surface area (Å²) in [5, 5.41) is 2.59. The van der Waals surface area contributed by atoms with Crippen molar-refractivity contribution in [3.8, 4) is 5.75 Å². The Labute approximate surface area is 129 Å². The number of sulfone groups is 1. The Morgan fingerprint density at radius 2 is 1.64 bits per heavy atom. The number of benzene rings is 2. The highest BCUT2D eigenvalue weighted by molar-refractivity contribution is 7.90. The molecule has 1 unspecified atom stereocenters. The number of anilines is 1. The van der Waals surface area contributed by atoms with Crippen LogP contribution in [0.1, 0.15) is 6.92 Å². The Bertz CT molecular complexity index is 757. The number of hydrogen-bond donors (Lipinski definition) is 1. The SMILES string of the molecule is CC(Oc1ccccc1)C(=O)Nc1ccccc1S(C)(=O)=O. The first-order valence-electron chi connectivity index (χ1n) is 6.69. The molecule has 0 saturated carbocycles. The maximum Gasteiger partial charge on any atom is 0.265 e. The zero-order chi connectivity index (χ0) is 16.2. The Kier molecular flexibility index (Phi) is 4.82. The third-order valence-electron chi connectivity index (χ3n) is 2.97. The second-order valence-corrected chi connectivity index (χ2v) is 6.81. The summed E-state index contributed by atoms with van der Waals surface area (Å²) >= 11 is 0. The molecule has 0 spiro atoms. The second-order valence-electron chi connectivity index (χ2n) is 4.83. The van der Waals surface area contributed by atoms with Gasteiger partial charge < -0.3 is 10.1 Å². The molecule has 0 aliphatic rings.